The monoisotopic (exact) mass is 244 g/mol. The largest absolute Gasteiger partial charge is 0.358 e. The van der Waals surface area contributed by atoms with Gasteiger partial charge in [0.2, 0.25) is 0 Å². The van der Waals surface area contributed by atoms with E-state index in [1.54, 1.807) is 0 Å². The summed E-state index contributed by atoms with van der Waals surface area (Å²) < 4.78 is 0. The predicted molar refractivity (Wildman–Crippen MR) is 75.0 cm³/mol. The van der Waals surface area contributed by atoms with Crippen LogP contribution in [0, 0.1) is 13.8 Å². The van der Waals surface area contributed by atoms with Gasteiger partial charge < -0.3 is 10.3 Å². The number of aromatic nitrogens is 1. The second kappa shape index (κ2) is 4.16. The van der Waals surface area contributed by atoms with Crippen molar-refractivity contribution in [2.75, 3.05) is 0 Å². The SMILES string of the molecule is Cc1[nH]c2ccc(C(=O)NC(C)(C)C)cc2c1C. The van der Waals surface area contributed by atoms with Crippen LogP contribution in [0.2, 0.25) is 0 Å². The molecule has 0 saturated heterocycles. The molecule has 0 fully saturated rings. The molecule has 18 heavy (non-hydrogen) atoms. The van der Waals surface area contributed by atoms with Crippen LogP contribution in [0.5, 0.6) is 0 Å². The van der Waals surface area contributed by atoms with Crippen molar-refractivity contribution in [2.45, 2.75) is 40.2 Å². The van der Waals surface area contributed by atoms with Crippen LogP contribution in [-0.2, 0) is 0 Å². The fourth-order valence-electron chi connectivity index (χ4n) is 2.02. The number of aryl methyl sites for hydroxylation is 2. The Labute approximate surface area is 108 Å². The predicted octanol–water partition coefficient (Wildman–Crippen LogP) is 3.31. The molecule has 1 aromatic heterocycles. The Hall–Kier alpha value is -1.77. The Morgan fingerprint density at radius 1 is 1.22 bits per heavy atom. The van der Waals surface area contributed by atoms with Crippen molar-refractivity contribution >= 4 is 16.8 Å². The highest BCUT2D eigenvalue weighted by Crippen LogP contribution is 2.22. The fourth-order valence-corrected chi connectivity index (χ4v) is 2.02. The van der Waals surface area contributed by atoms with Crippen LogP contribution in [0.3, 0.4) is 0 Å². The molecule has 1 aromatic carbocycles. The molecule has 2 aromatic rings. The molecule has 0 bridgehead atoms. The van der Waals surface area contributed by atoms with Crippen LogP contribution < -0.4 is 5.32 Å². The number of carbonyl (C=O) groups excluding carboxylic acids is 1. The molecule has 0 aliphatic heterocycles. The minimum absolute atomic E-state index is 0.0253. The Bertz CT molecular complexity index is 603. The average molecular weight is 244 g/mol. The van der Waals surface area contributed by atoms with Crippen LogP contribution >= 0.6 is 0 Å². The molecule has 96 valence electrons. The summed E-state index contributed by atoms with van der Waals surface area (Å²) in [6, 6.07) is 5.78. The van der Waals surface area contributed by atoms with Gasteiger partial charge in [0.15, 0.2) is 0 Å². The molecule has 3 heteroatoms. The number of fused-ring (bicyclic) bond motifs is 1. The highest BCUT2D eigenvalue weighted by Gasteiger charge is 2.16. The summed E-state index contributed by atoms with van der Waals surface area (Å²) in [6.07, 6.45) is 0. The number of hydrogen-bond donors (Lipinski definition) is 2. The van der Waals surface area contributed by atoms with Crippen molar-refractivity contribution in [3.63, 3.8) is 0 Å². The highest BCUT2D eigenvalue weighted by atomic mass is 16.1. The number of aromatic amines is 1. The standard InChI is InChI=1S/C15H20N2O/c1-9-10(2)16-13-7-6-11(8-12(9)13)14(18)17-15(3,4)5/h6-8,16H,1-5H3,(H,17,18). The molecular weight excluding hydrogens is 224 g/mol. The lowest BCUT2D eigenvalue weighted by atomic mass is 10.1. The lowest BCUT2D eigenvalue weighted by Crippen LogP contribution is -2.40. The Balaban J connectivity index is 2.41. The molecule has 0 atom stereocenters. The van der Waals surface area contributed by atoms with Crippen molar-refractivity contribution in [1.82, 2.24) is 10.3 Å². The zero-order valence-corrected chi connectivity index (χ0v) is 11.6. The first-order valence-corrected chi connectivity index (χ1v) is 6.19. The van der Waals surface area contributed by atoms with Crippen molar-refractivity contribution in [2.24, 2.45) is 0 Å². The molecule has 3 nitrogen and oxygen atoms in total. The zero-order chi connectivity index (χ0) is 13.5. The van der Waals surface area contributed by atoms with Crippen LogP contribution in [-0.4, -0.2) is 16.4 Å². The van der Waals surface area contributed by atoms with E-state index in [0.717, 1.165) is 16.6 Å². The first-order valence-electron chi connectivity index (χ1n) is 6.19. The average Bonchev–Trinajstić information content (AvgIpc) is 2.52. The Morgan fingerprint density at radius 3 is 2.50 bits per heavy atom. The number of H-pyrrole nitrogens is 1. The van der Waals surface area contributed by atoms with Gasteiger partial charge in [-0.25, -0.2) is 0 Å². The molecule has 0 spiro atoms. The van der Waals surface area contributed by atoms with Crippen molar-refractivity contribution < 1.29 is 4.79 Å². The Kier molecular flexibility index (Phi) is 2.93. The summed E-state index contributed by atoms with van der Waals surface area (Å²) in [5, 5.41) is 4.10. The molecular formula is C15H20N2O. The van der Waals surface area contributed by atoms with E-state index in [1.165, 1.54) is 5.56 Å². The number of carbonyl (C=O) groups is 1. The van der Waals surface area contributed by atoms with E-state index in [9.17, 15) is 4.79 Å². The number of amides is 1. The molecule has 0 radical (unpaired) electrons. The van der Waals surface area contributed by atoms with Gasteiger partial charge in [-0.05, 0) is 58.4 Å². The van der Waals surface area contributed by atoms with E-state index in [1.807, 2.05) is 45.9 Å². The van der Waals surface area contributed by atoms with Gasteiger partial charge in [-0.15, -0.1) is 0 Å². The number of benzene rings is 1. The summed E-state index contributed by atoms with van der Waals surface area (Å²) in [5.74, 6) is -0.0253. The highest BCUT2D eigenvalue weighted by molar-refractivity contribution is 5.99. The second-order valence-corrected chi connectivity index (χ2v) is 5.84. The third-order valence-corrected chi connectivity index (χ3v) is 3.06. The molecule has 0 unspecified atom stereocenters. The van der Waals surface area contributed by atoms with Crippen molar-refractivity contribution in [3.8, 4) is 0 Å². The minimum Gasteiger partial charge on any atom is -0.358 e. The molecule has 1 amide bonds. The molecule has 0 saturated carbocycles. The van der Waals surface area contributed by atoms with Gasteiger partial charge in [0, 0.05) is 27.7 Å². The first-order chi connectivity index (χ1) is 8.28. The molecule has 0 aliphatic carbocycles. The van der Waals surface area contributed by atoms with Gasteiger partial charge in [-0.1, -0.05) is 0 Å². The van der Waals surface area contributed by atoms with E-state index in [2.05, 4.69) is 17.2 Å². The fraction of sp³-hybridized carbons (Fsp3) is 0.400. The van der Waals surface area contributed by atoms with Crippen molar-refractivity contribution in [3.05, 3.63) is 35.0 Å². The topological polar surface area (TPSA) is 44.9 Å². The zero-order valence-electron chi connectivity index (χ0n) is 11.6. The summed E-state index contributed by atoms with van der Waals surface area (Å²) in [4.78, 5) is 15.4. The number of nitrogens with one attached hydrogen (secondary N) is 2. The second-order valence-electron chi connectivity index (χ2n) is 5.84. The van der Waals surface area contributed by atoms with E-state index < -0.39 is 0 Å². The molecule has 0 aliphatic rings. The van der Waals surface area contributed by atoms with Crippen LogP contribution in [0.4, 0.5) is 0 Å². The minimum atomic E-state index is -0.213. The Morgan fingerprint density at radius 2 is 1.89 bits per heavy atom. The molecule has 1 heterocycles. The van der Waals surface area contributed by atoms with Crippen LogP contribution in [0.15, 0.2) is 18.2 Å². The summed E-state index contributed by atoms with van der Waals surface area (Å²) in [6.45, 7) is 10.1. The summed E-state index contributed by atoms with van der Waals surface area (Å²) in [5.41, 5.74) is 3.93. The number of rotatable bonds is 1. The van der Waals surface area contributed by atoms with E-state index in [-0.39, 0.29) is 11.4 Å². The maximum Gasteiger partial charge on any atom is 0.251 e. The van der Waals surface area contributed by atoms with Gasteiger partial charge in [0.25, 0.3) is 5.91 Å². The van der Waals surface area contributed by atoms with Crippen LogP contribution in [0.1, 0.15) is 42.4 Å². The van der Waals surface area contributed by atoms with Gasteiger partial charge in [-0.2, -0.15) is 0 Å². The van der Waals surface area contributed by atoms with Gasteiger partial charge in [0.05, 0.1) is 0 Å². The van der Waals surface area contributed by atoms with Crippen molar-refractivity contribution in [1.29, 1.82) is 0 Å². The quantitative estimate of drug-likeness (QED) is 0.794. The lowest BCUT2D eigenvalue weighted by Gasteiger charge is -2.20. The summed E-state index contributed by atoms with van der Waals surface area (Å²) in [7, 11) is 0. The molecule has 2 rings (SSSR count). The number of hydrogen-bond acceptors (Lipinski definition) is 1. The van der Waals surface area contributed by atoms with Gasteiger partial charge in [0.1, 0.15) is 0 Å². The smallest absolute Gasteiger partial charge is 0.251 e. The molecule has 2 N–H and O–H groups in total. The van der Waals surface area contributed by atoms with Gasteiger partial charge in [-0.3, -0.25) is 4.79 Å². The van der Waals surface area contributed by atoms with E-state index in [4.69, 9.17) is 0 Å². The summed E-state index contributed by atoms with van der Waals surface area (Å²) >= 11 is 0. The lowest BCUT2D eigenvalue weighted by molar-refractivity contribution is 0.0919. The third-order valence-electron chi connectivity index (χ3n) is 3.06. The van der Waals surface area contributed by atoms with E-state index in [0.29, 0.717) is 5.56 Å². The normalized spacial score (nSPS) is 11.8. The maximum absolute atomic E-state index is 12.1. The van der Waals surface area contributed by atoms with Gasteiger partial charge >= 0.3 is 0 Å². The van der Waals surface area contributed by atoms with Crippen LogP contribution in [0.25, 0.3) is 10.9 Å². The third kappa shape index (κ3) is 2.40. The van der Waals surface area contributed by atoms with E-state index >= 15 is 0 Å². The maximum atomic E-state index is 12.1. The first kappa shape index (κ1) is 12.7.